The number of hydrogen-bond acceptors (Lipinski definition) is 29. The fraction of sp³-hybridized carbons (Fsp3) is 0.207. The molecule has 67 heavy (non-hydrogen) atoms. The van der Waals surface area contributed by atoms with E-state index >= 15 is 0 Å². The molecule has 0 aliphatic carbocycles. The van der Waals surface area contributed by atoms with Crippen LogP contribution in [0.5, 0.6) is 11.5 Å². The van der Waals surface area contributed by atoms with Crippen LogP contribution in [-0.2, 0) is 67.3 Å². The maximum absolute atomic E-state index is 13.0. The minimum Gasteiger partial charge on any atom is -0.744 e. The molecule has 0 fully saturated rings. The zero-order chi connectivity index (χ0) is 46.2. The van der Waals surface area contributed by atoms with Crippen LogP contribution in [0.2, 0.25) is 0 Å². The van der Waals surface area contributed by atoms with E-state index in [1.165, 1.54) is 13.0 Å². The Morgan fingerprint density at radius 3 is 1.93 bits per heavy atom. The summed E-state index contributed by atoms with van der Waals surface area (Å²) in [6.45, 7) is -0.172. The monoisotopic (exact) mass is 1100 g/mol. The number of methoxy groups -OCH3 is 1. The summed E-state index contributed by atoms with van der Waals surface area (Å²) in [6.07, 6.45) is 0. The van der Waals surface area contributed by atoms with Crippen LogP contribution >= 0.6 is 24.4 Å². The minimum atomic E-state index is -5.55. The number of carbonyl (C=O) groups is 1. The average molecular weight is 1100 g/mol. The number of azo groups is 2. The first-order chi connectivity index (χ1) is 28.9. The summed E-state index contributed by atoms with van der Waals surface area (Å²) in [5.41, 5.74) is 2.18. The van der Waals surface area contributed by atoms with Crippen LogP contribution in [0.4, 0.5) is 28.4 Å². The third-order valence-corrected chi connectivity index (χ3v) is 13.5. The van der Waals surface area contributed by atoms with Crippen molar-refractivity contribution in [2.24, 2.45) is 20.5 Å². The number of ether oxygens (including phenoxy) is 1. The van der Waals surface area contributed by atoms with Crippen molar-refractivity contribution in [3.05, 3.63) is 53.6 Å². The number of carboxylic acid groups (broad SMARTS) is 1. The molecular weight excluding hydrogens is 1080 g/mol. The number of nitrogens with zero attached hydrogens (tertiary/aromatic N) is 4. The Balaban J connectivity index is 0. The van der Waals surface area contributed by atoms with Crippen molar-refractivity contribution in [3.63, 3.8) is 0 Å². The second-order valence-electron chi connectivity index (χ2n) is 11.5. The van der Waals surface area contributed by atoms with Crippen LogP contribution in [-0.4, -0.2) is 85.7 Å². The van der Waals surface area contributed by atoms with Crippen LogP contribution in [0.3, 0.4) is 0 Å². The maximum Gasteiger partial charge on any atom is 1.00 e. The number of carbonyl (C=O) groups excluding carboxylic acids is 1. The standard InChI is InChI=1S/C29H29N5O22S6.5Na/c1-14-9-19(20(50-2)13-22(14)60(42,43)7-5-51-58-56-54-39)32-33-26-21(57-55-53-38)10-15-11-23(61(44,45)46)27(25(30)24(15)28(26)35)34-31-18-4-3-16(12-17(18)29(36)37)59(40,41)8-6-52-62(47,48)49;;;;;/h3-4,9-13,35,38-39H,5-8,30H2,1-2H3,(H,36,37)(H,44,45,46)(H,47,48,49);;;;;/q;5*+1/p-5. The second-order valence-corrected chi connectivity index (χ2v) is 19.4. The van der Waals surface area contributed by atoms with Crippen molar-refractivity contribution >= 4 is 110 Å². The van der Waals surface area contributed by atoms with E-state index in [2.05, 4.69) is 43.4 Å². The molecule has 0 heterocycles. The SMILES string of the molecule is COc1cc(S(=O)(=O)CCOSOO[O-])c(C)cc1N=Nc1c(SOO[O-])cc2cc(S(=O)(=O)[O-])c(N=Nc3ccc(S(=O)(=O)CCOS(=O)(=O)[O-])cc3C(=O)[O-])c(N)c2c1O.[Na+].[Na+].[Na+].[Na+].[Na+]. The largest absolute Gasteiger partial charge is 1.00 e. The van der Waals surface area contributed by atoms with Gasteiger partial charge in [-0.05, 0) is 54.3 Å². The maximum atomic E-state index is 13.0. The second kappa shape index (κ2) is 30.5. The van der Waals surface area contributed by atoms with Gasteiger partial charge in [0.2, 0.25) is 10.4 Å². The van der Waals surface area contributed by atoms with Crippen LogP contribution in [0.25, 0.3) is 10.8 Å². The number of nitrogens with two attached hydrogens (primary N) is 1. The van der Waals surface area contributed by atoms with E-state index in [-0.39, 0.29) is 204 Å². The molecule has 0 saturated carbocycles. The van der Waals surface area contributed by atoms with Crippen LogP contribution in [0.15, 0.2) is 82.5 Å². The van der Waals surface area contributed by atoms with Crippen molar-refractivity contribution in [1.82, 2.24) is 0 Å². The third-order valence-electron chi connectivity index (χ3n) is 7.73. The fourth-order valence-electron chi connectivity index (χ4n) is 5.10. The molecule has 4 aromatic carbocycles. The number of benzene rings is 4. The van der Waals surface area contributed by atoms with E-state index in [4.69, 9.17) is 14.7 Å². The number of sulfone groups is 2. The van der Waals surface area contributed by atoms with E-state index < -0.39 is 120 Å². The number of anilines is 1. The summed E-state index contributed by atoms with van der Waals surface area (Å²) >= 11 is 0.216. The van der Waals surface area contributed by atoms with Gasteiger partial charge >= 0.3 is 148 Å². The van der Waals surface area contributed by atoms with Gasteiger partial charge in [0.05, 0.1) is 86.2 Å². The Labute approximate surface area is 500 Å². The number of rotatable bonds is 22. The first kappa shape index (κ1) is 69.4. The predicted molar refractivity (Wildman–Crippen MR) is 198 cm³/mol. The molecule has 0 unspecified atom stereocenters. The van der Waals surface area contributed by atoms with Crippen LogP contribution in [0.1, 0.15) is 15.9 Å². The van der Waals surface area contributed by atoms with E-state index in [0.717, 1.165) is 31.4 Å². The number of hydrogen-bond donors (Lipinski definition) is 2. The van der Waals surface area contributed by atoms with Gasteiger partial charge in [0, 0.05) is 11.6 Å². The molecule has 0 spiro atoms. The van der Waals surface area contributed by atoms with E-state index in [1.807, 2.05) is 0 Å². The van der Waals surface area contributed by atoms with Crippen molar-refractivity contribution in [1.29, 1.82) is 0 Å². The van der Waals surface area contributed by atoms with Crippen LogP contribution < -0.4 is 174 Å². The van der Waals surface area contributed by atoms with Gasteiger partial charge in [-0.1, -0.05) is 0 Å². The summed E-state index contributed by atoms with van der Waals surface area (Å²) < 4.78 is 143. The topological polar surface area (TPSA) is 429 Å². The Kier molecular flexibility index (Phi) is 31.6. The normalized spacial score (nSPS) is 11.9. The van der Waals surface area contributed by atoms with Gasteiger partial charge in [0.1, 0.15) is 32.9 Å². The molecule has 38 heteroatoms. The van der Waals surface area contributed by atoms with Crippen LogP contribution in [0, 0.1) is 6.92 Å². The van der Waals surface area contributed by atoms with Gasteiger partial charge in [-0.25, -0.2) is 33.7 Å². The molecule has 3 N–H and O–H groups in total. The number of carboxylic acids is 1. The number of nitrogen functional groups attached to an aromatic ring is 1. The van der Waals surface area contributed by atoms with E-state index in [0.29, 0.717) is 12.1 Å². The van der Waals surface area contributed by atoms with Gasteiger partial charge in [-0.3, -0.25) is 18.4 Å². The molecule has 0 aromatic heterocycles. The summed E-state index contributed by atoms with van der Waals surface area (Å²) in [6, 6.07) is 6.02. The summed E-state index contributed by atoms with van der Waals surface area (Å²) in [5.74, 6) is -4.86. The Morgan fingerprint density at radius 1 is 0.761 bits per heavy atom. The average Bonchev–Trinajstić information content (AvgIpc) is 3.17. The summed E-state index contributed by atoms with van der Waals surface area (Å²) in [7, 11) is -18.2. The zero-order valence-corrected chi connectivity index (χ0v) is 50.6. The Morgan fingerprint density at radius 2 is 1.36 bits per heavy atom. The van der Waals surface area contributed by atoms with E-state index in [9.17, 15) is 68.3 Å². The minimum absolute atomic E-state index is 0. The molecule has 0 bridgehead atoms. The molecule has 0 aliphatic heterocycles. The van der Waals surface area contributed by atoms with Crippen molar-refractivity contribution in [3.8, 4) is 11.5 Å². The zero-order valence-electron chi connectivity index (χ0n) is 35.7. The van der Waals surface area contributed by atoms with Crippen molar-refractivity contribution < 1.29 is 248 Å². The third kappa shape index (κ3) is 19.3. The summed E-state index contributed by atoms with van der Waals surface area (Å²) in [4.78, 5) is 9.50. The number of aromatic carboxylic acids is 1. The Bertz CT molecular complexity index is 2900. The Hall–Kier alpha value is 0.310. The quantitative estimate of drug-likeness (QED) is 0.00849. The van der Waals surface area contributed by atoms with Gasteiger partial charge in [0.25, 0.3) is 0 Å². The molecule has 4 aromatic rings. The molecule has 27 nitrogen and oxygen atoms in total. The number of phenolic OH excluding ortho intramolecular Hbond substituents is 1. The fourth-order valence-corrected chi connectivity index (χ4v) is 9.43. The molecule has 0 atom stereocenters. The number of aromatic hydroxyl groups is 1. The summed E-state index contributed by atoms with van der Waals surface area (Å²) in [5, 5.41) is 65.0. The smallest absolute Gasteiger partial charge is 0.744 e. The molecule has 0 aliphatic rings. The molecular formula is C29H24N5Na5O22S6. The van der Waals surface area contributed by atoms with Gasteiger partial charge in [0.15, 0.2) is 37.7 Å². The van der Waals surface area contributed by atoms with Gasteiger partial charge in [-0.15, -0.1) is 24.8 Å². The first-order valence-electron chi connectivity index (χ1n) is 15.8. The number of fused-ring (bicyclic) bond motifs is 1. The molecule has 4 rings (SSSR count). The van der Waals surface area contributed by atoms with Gasteiger partial charge < -0.3 is 45.1 Å². The molecule has 338 valence electrons. The number of aryl methyl sites for hydroxylation is 1. The van der Waals surface area contributed by atoms with E-state index in [1.54, 1.807) is 0 Å². The van der Waals surface area contributed by atoms with Crippen molar-refractivity contribution in [2.75, 3.05) is 37.6 Å². The predicted octanol–water partition coefficient (Wildman–Crippen LogP) is -14.4. The first-order valence-corrected chi connectivity index (χ1v) is 23.3. The molecule has 0 amide bonds. The number of phenols is 1. The molecule has 0 saturated heterocycles. The van der Waals surface area contributed by atoms with Gasteiger partial charge in [-0.2, -0.15) is 4.33 Å². The van der Waals surface area contributed by atoms with Crippen molar-refractivity contribution in [2.45, 2.75) is 26.5 Å². The molecule has 0 radical (unpaired) electrons.